The van der Waals surface area contributed by atoms with Crippen molar-refractivity contribution in [2.75, 3.05) is 26.2 Å². The van der Waals surface area contributed by atoms with Crippen LogP contribution in [-0.4, -0.2) is 68.2 Å². The molecule has 0 bridgehead atoms. The van der Waals surface area contributed by atoms with Crippen LogP contribution in [-0.2, 0) is 19.2 Å². The largest absolute Gasteiger partial charge is 0.356 e. The number of carbonyl (C=O) groups excluding carboxylic acids is 4. The summed E-state index contributed by atoms with van der Waals surface area (Å²) in [6.07, 6.45) is 5.48. The number of hydrogen-bond donors (Lipinski definition) is 2. The van der Waals surface area contributed by atoms with Crippen molar-refractivity contribution in [1.82, 2.24) is 20.4 Å². The van der Waals surface area contributed by atoms with Crippen LogP contribution < -0.4 is 10.6 Å². The van der Waals surface area contributed by atoms with E-state index in [0.29, 0.717) is 60.5 Å². The van der Waals surface area contributed by atoms with Gasteiger partial charge in [0.1, 0.15) is 8.64 Å². The van der Waals surface area contributed by atoms with Crippen LogP contribution in [0.2, 0.25) is 0 Å². The third kappa shape index (κ3) is 8.31. The first-order valence-corrected chi connectivity index (χ1v) is 14.1. The number of thiocarbonyl (C=S) groups is 2. The van der Waals surface area contributed by atoms with Gasteiger partial charge in [-0.25, -0.2) is 0 Å². The maximum absolute atomic E-state index is 13.0. The minimum absolute atomic E-state index is 0.0428. The zero-order valence-electron chi connectivity index (χ0n) is 19.6. The van der Waals surface area contributed by atoms with Crippen LogP contribution in [0, 0.1) is 0 Å². The molecular formula is C22H32N4O4S4. The molecule has 0 unspecified atom stereocenters. The third-order valence-electron chi connectivity index (χ3n) is 5.18. The van der Waals surface area contributed by atoms with Gasteiger partial charge in [-0.2, -0.15) is 0 Å². The first kappa shape index (κ1) is 28.7. The van der Waals surface area contributed by atoms with Crippen LogP contribution in [0.3, 0.4) is 0 Å². The predicted molar refractivity (Wildman–Crippen MR) is 145 cm³/mol. The van der Waals surface area contributed by atoms with Crippen molar-refractivity contribution < 1.29 is 19.2 Å². The molecule has 0 aromatic rings. The van der Waals surface area contributed by atoms with E-state index >= 15 is 0 Å². The molecule has 2 aliphatic heterocycles. The highest BCUT2D eigenvalue weighted by Crippen LogP contribution is 2.42. The van der Waals surface area contributed by atoms with E-state index in [9.17, 15) is 19.2 Å². The summed E-state index contributed by atoms with van der Waals surface area (Å²) in [6.45, 7) is 6.07. The summed E-state index contributed by atoms with van der Waals surface area (Å²) in [5, 5.41) is 5.71. The average molecular weight is 545 g/mol. The number of unbranched alkanes of at least 4 members (excludes halogenated alkanes) is 2. The minimum Gasteiger partial charge on any atom is -0.356 e. The van der Waals surface area contributed by atoms with Gasteiger partial charge >= 0.3 is 0 Å². The zero-order chi connectivity index (χ0) is 25.1. The quantitative estimate of drug-likeness (QED) is 0.195. The summed E-state index contributed by atoms with van der Waals surface area (Å²) < 4.78 is 0.751. The van der Waals surface area contributed by atoms with Crippen LogP contribution >= 0.6 is 48.0 Å². The fraction of sp³-hybridized carbons (Fsp3) is 0.636. The highest BCUT2D eigenvalue weighted by Gasteiger charge is 2.41. The second-order valence-electron chi connectivity index (χ2n) is 7.92. The number of amides is 4. The lowest BCUT2D eigenvalue weighted by Crippen LogP contribution is -2.32. The fourth-order valence-electron chi connectivity index (χ4n) is 3.24. The Bertz CT molecular complexity index is 794. The maximum atomic E-state index is 13.0. The number of nitrogens with one attached hydrogen (secondary N) is 2. The molecule has 2 rings (SSSR count). The van der Waals surface area contributed by atoms with E-state index in [1.54, 1.807) is 0 Å². The Balaban J connectivity index is 1.88. The van der Waals surface area contributed by atoms with Crippen molar-refractivity contribution in [3.05, 3.63) is 9.81 Å². The van der Waals surface area contributed by atoms with Gasteiger partial charge in [0, 0.05) is 39.0 Å². The van der Waals surface area contributed by atoms with Crippen LogP contribution in [0.1, 0.15) is 65.2 Å². The van der Waals surface area contributed by atoms with E-state index in [1.807, 2.05) is 0 Å². The molecule has 2 saturated heterocycles. The van der Waals surface area contributed by atoms with Gasteiger partial charge in [-0.3, -0.25) is 29.0 Å². The Hall–Kier alpha value is -1.50. The molecule has 0 spiro atoms. The molecule has 0 aliphatic carbocycles. The van der Waals surface area contributed by atoms with Gasteiger partial charge in [0.25, 0.3) is 11.8 Å². The van der Waals surface area contributed by atoms with Crippen LogP contribution in [0.4, 0.5) is 0 Å². The first-order valence-electron chi connectivity index (χ1n) is 11.6. The molecule has 2 N–H and O–H groups in total. The van der Waals surface area contributed by atoms with Gasteiger partial charge in [-0.05, 0) is 25.7 Å². The molecule has 0 atom stereocenters. The summed E-state index contributed by atoms with van der Waals surface area (Å²) in [6, 6.07) is 0. The van der Waals surface area contributed by atoms with Gasteiger partial charge in [0.15, 0.2) is 0 Å². The third-order valence-corrected chi connectivity index (χ3v) is 8.21. The van der Waals surface area contributed by atoms with E-state index in [2.05, 4.69) is 24.5 Å². The second kappa shape index (κ2) is 14.8. The molecule has 0 radical (unpaired) electrons. The maximum Gasteiger partial charge on any atom is 0.267 e. The van der Waals surface area contributed by atoms with Gasteiger partial charge < -0.3 is 10.6 Å². The summed E-state index contributed by atoms with van der Waals surface area (Å²) in [5.74, 6) is -0.730. The van der Waals surface area contributed by atoms with Crippen LogP contribution in [0.25, 0.3) is 0 Å². The molecule has 8 nitrogen and oxygen atoms in total. The van der Waals surface area contributed by atoms with E-state index < -0.39 is 0 Å². The van der Waals surface area contributed by atoms with Crippen molar-refractivity contribution in [3.8, 4) is 0 Å². The number of hydrogen-bond acceptors (Lipinski definition) is 8. The van der Waals surface area contributed by atoms with E-state index in [0.717, 1.165) is 49.2 Å². The Morgan fingerprint density at radius 2 is 1.12 bits per heavy atom. The van der Waals surface area contributed by atoms with E-state index in [4.69, 9.17) is 24.4 Å². The topological polar surface area (TPSA) is 98.8 Å². The fourth-order valence-corrected chi connectivity index (χ4v) is 6.01. The van der Waals surface area contributed by atoms with Crippen molar-refractivity contribution in [3.63, 3.8) is 0 Å². The van der Waals surface area contributed by atoms with Gasteiger partial charge in [0.05, 0.1) is 9.81 Å². The molecule has 0 saturated carbocycles. The molecule has 2 fully saturated rings. The minimum atomic E-state index is -0.322. The molecular weight excluding hydrogens is 513 g/mol. The van der Waals surface area contributed by atoms with Crippen molar-refractivity contribution in [2.24, 2.45) is 0 Å². The molecule has 2 heterocycles. The van der Waals surface area contributed by atoms with Crippen LogP contribution in [0.15, 0.2) is 9.81 Å². The monoisotopic (exact) mass is 544 g/mol. The molecule has 188 valence electrons. The Morgan fingerprint density at radius 1 is 0.735 bits per heavy atom. The predicted octanol–water partition coefficient (Wildman–Crippen LogP) is 3.31. The molecule has 0 aromatic carbocycles. The molecule has 34 heavy (non-hydrogen) atoms. The number of nitrogens with zero attached hydrogens (tertiary/aromatic N) is 2. The van der Waals surface area contributed by atoms with E-state index in [1.165, 1.54) is 9.80 Å². The SMILES string of the molecule is CCCCNC(=O)CCCN1C(=O)C(=C2SC(=S)N(CCCC(=O)NCCCC)C2=O)SC1=S. The lowest BCUT2D eigenvalue weighted by Gasteiger charge is -2.14. The smallest absolute Gasteiger partial charge is 0.267 e. The number of carbonyl (C=O) groups is 4. The second-order valence-corrected chi connectivity index (χ2v) is 11.2. The molecule has 4 amide bonds. The summed E-state index contributed by atoms with van der Waals surface area (Å²) >= 11 is 12.9. The zero-order valence-corrected chi connectivity index (χ0v) is 22.9. The summed E-state index contributed by atoms with van der Waals surface area (Å²) in [7, 11) is 0. The highest BCUT2D eigenvalue weighted by atomic mass is 32.2. The van der Waals surface area contributed by atoms with Crippen LogP contribution in [0.5, 0.6) is 0 Å². The molecule has 12 heteroatoms. The standard InChI is InChI=1S/C22H32N4O4S4/c1-3-5-11-23-15(27)9-7-13-25-19(29)17(33-21(25)31)18-20(30)26(22(32)34-18)14-8-10-16(28)24-12-6-4-2/h3-14H2,1-2H3,(H,23,27)(H,24,28). The summed E-state index contributed by atoms with van der Waals surface area (Å²) in [5.41, 5.74) is 0. The Kier molecular flexibility index (Phi) is 12.5. The first-order chi connectivity index (χ1) is 16.3. The molecule has 2 aliphatic rings. The van der Waals surface area contributed by atoms with Crippen molar-refractivity contribution in [2.45, 2.75) is 65.2 Å². The van der Waals surface area contributed by atoms with Crippen molar-refractivity contribution in [1.29, 1.82) is 0 Å². The summed E-state index contributed by atoms with van der Waals surface area (Å²) in [4.78, 5) is 53.1. The Labute approximate surface area is 220 Å². The molecule has 0 aromatic heterocycles. The van der Waals surface area contributed by atoms with Gasteiger partial charge in [-0.1, -0.05) is 74.6 Å². The van der Waals surface area contributed by atoms with Crippen molar-refractivity contribution >= 4 is 80.2 Å². The number of rotatable bonds is 14. The Morgan fingerprint density at radius 3 is 1.47 bits per heavy atom. The number of thioether (sulfide) groups is 2. The normalized spacial score (nSPS) is 18.3. The van der Waals surface area contributed by atoms with Gasteiger partial charge in [-0.15, -0.1) is 0 Å². The highest BCUT2D eigenvalue weighted by molar-refractivity contribution is 8.29. The van der Waals surface area contributed by atoms with E-state index in [-0.39, 0.29) is 33.4 Å². The lowest BCUT2D eigenvalue weighted by atomic mass is 10.2. The lowest BCUT2D eigenvalue weighted by molar-refractivity contribution is -0.125. The average Bonchev–Trinajstić information content (AvgIpc) is 3.23. The van der Waals surface area contributed by atoms with Gasteiger partial charge in [0.2, 0.25) is 11.8 Å².